The highest BCUT2D eigenvalue weighted by atomic mass is 16.5. The molecule has 1 amide bonds. The van der Waals surface area contributed by atoms with E-state index in [2.05, 4.69) is 15.6 Å². The molecular formula is C21H25N3O3. The lowest BCUT2D eigenvalue weighted by Gasteiger charge is -2.17. The maximum Gasteiger partial charge on any atom is 0.259 e. The molecule has 0 aliphatic heterocycles. The molecule has 3 rings (SSSR count). The number of hydrogen-bond acceptors (Lipinski definition) is 4. The van der Waals surface area contributed by atoms with E-state index in [4.69, 9.17) is 4.74 Å². The molecule has 27 heavy (non-hydrogen) atoms. The number of rotatable bonds is 8. The zero-order valence-corrected chi connectivity index (χ0v) is 15.5. The van der Waals surface area contributed by atoms with Crippen LogP contribution >= 0.6 is 0 Å². The largest absolute Gasteiger partial charge is 0.493 e. The molecule has 6 nitrogen and oxygen atoms in total. The van der Waals surface area contributed by atoms with Gasteiger partial charge >= 0.3 is 0 Å². The predicted molar refractivity (Wildman–Crippen MR) is 107 cm³/mol. The Morgan fingerprint density at radius 1 is 1.15 bits per heavy atom. The summed E-state index contributed by atoms with van der Waals surface area (Å²) in [7, 11) is 0. The molecule has 2 aromatic carbocycles. The van der Waals surface area contributed by atoms with Crippen LogP contribution in [0.1, 0.15) is 30.6 Å². The number of aromatic amines is 1. The van der Waals surface area contributed by atoms with Crippen LogP contribution in [-0.2, 0) is 0 Å². The van der Waals surface area contributed by atoms with Gasteiger partial charge in [-0.05, 0) is 44.2 Å². The first-order valence-corrected chi connectivity index (χ1v) is 9.08. The summed E-state index contributed by atoms with van der Waals surface area (Å²) in [5.41, 5.74) is 2.16. The van der Waals surface area contributed by atoms with E-state index in [9.17, 15) is 9.90 Å². The number of anilines is 1. The maximum atomic E-state index is 12.8. The molecule has 142 valence electrons. The summed E-state index contributed by atoms with van der Waals surface area (Å²) in [6.07, 6.45) is 1.63. The van der Waals surface area contributed by atoms with E-state index in [1.165, 1.54) is 0 Å². The molecule has 0 saturated carbocycles. The molecular weight excluding hydrogens is 342 g/mol. The van der Waals surface area contributed by atoms with E-state index in [1.54, 1.807) is 18.2 Å². The average molecular weight is 367 g/mol. The topological polar surface area (TPSA) is 86.4 Å². The Bertz CT molecular complexity index is 904. The van der Waals surface area contributed by atoms with Gasteiger partial charge in [0, 0.05) is 29.6 Å². The van der Waals surface area contributed by atoms with Crippen LogP contribution in [0.25, 0.3) is 10.9 Å². The third-order valence-electron chi connectivity index (χ3n) is 4.15. The number of carbonyl (C=O) groups excluding carboxylic acids is 1. The molecule has 0 saturated heterocycles. The summed E-state index contributed by atoms with van der Waals surface area (Å²) in [6.45, 7) is 4.24. The maximum absolute atomic E-state index is 12.8. The number of H-pyrrole nitrogens is 1. The van der Waals surface area contributed by atoms with Crippen molar-refractivity contribution in [1.82, 2.24) is 10.3 Å². The van der Waals surface area contributed by atoms with Crippen LogP contribution in [-0.4, -0.2) is 34.9 Å². The molecule has 1 heterocycles. The van der Waals surface area contributed by atoms with Crippen molar-refractivity contribution in [2.24, 2.45) is 0 Å². The molecule has 0 fully saturated rings. The highest BCUT2D eigenvalue weighted by molar-refractivity contribution is 6.10. The lowest BCUT2D eigenvalue weighted by atomic mass is 10.1. The summed E-state index contributed by atoms with van der Waals surface area (Å²) < 4.78 is 5.75. The number of aliphatic hydroxyl groups excluding tert-OH is 1. The fourth-order valence-corrected chi connectivity index (χ4v) is 2.91. The van der Waals surface area contributed by atoms with Crippen molar-refractivity contribution < 1.29 is 14.6 Å². The fourth-order valence-electron chi connectivity index (χ4n) is 2.91. The highest BCUT2D eigenvalue weighted by Gasteiger charge is 2.14. The third-order valence-corrected chi connectivity index (χ3v) is 4.15. The van der Waals surface area contributed by atoms with Crippen LogP contribution in [0.15, 0.2) is 54.7 Å². The van der Waals surface area contributed by atoms with Crippen molar-refractivity contribution in [1.29, 1.82) is 0 Å². The van der Waals surface area contributed by atoms with E-state index in [0.717, 1.165) is 16.6 Å². The third kappa shape index (κ3) is 4.87. The number of aliphatic hydroxyl groups is 1. The standard InChI is InChI=1S/C21H25N3O3/c1-14(2)23-20(25)11-13-27-19-9-4-3-6-16(19)21(26)24-18-8-5-7-17-15(18)10-12-22-17/h3-10,12,14,20,22-23,25H,11,13H2,1-2H3,(H,24,26). The molecule has 0 aliphatic carbocycles. The van der Waals surface area contributed by atoms with Gasteiger partial charge in [0.15, 0.2) is 0 Å². The number of fused-ring (bicyclic) bond motifs is 1. The van der Waals surface area contributed by atoms with Gasteiger partial charge in [0.05, 0.1) is 17.9 Å². The molecule has 0 radical (unpaired) electrons. The lowest BCUT2D eigenvalue weighted by Crippen LogP contribution is -2.35. The number of amides is 1. The average Bonchev–Trinajstić information content (AvgIpc) is 3.11. The number of nitrogens with one attached hydrogen (secondary N) is 3. The van der Waals surface area contributed by atoms with E-state index < -0.39 is 6.23 Å². The van der Waals surface area contributed by atoms with E-state index >= 15 is 0 Å². The number of para-hydroxylation sites is 1. The highest BCUT2D eigenvalue weighted by Crippen LogP contribution is 2.25. The van der Waals surface area contributed by atoms with E-state index in [-0.39, 0.29) is 11.9 Å². The molecule has 0 spiro atoms. The van der Waals surface area contributed by atoms with Gasteiger partial charge in [-0.1, -0.05) is 18.2 Å². The number of benzene rings is 2. The smallest absolute Gasteiger partial charge is 0.259 e. The first kappa shape index (κ1) is 18.9. The summed E-state index contributed by atoms with van der Waals surface area (Å²) in [4.78, 5) is 15.9. The molecule has 4 N–H and O–H groups in total. The summed E-state index contributed by atoms with van der Waals surface area (Å²) in [5.74, 6) is 0.258. The predicted octanol–water partition coefficient (Wildman–Crippen LogP) is 3.51. The summed E-state index contributed by atoms with van der Waals surface area (Å²) in [6, 6.07) is 14.9. The van der Waals surface area contributed by atoms with Crippen molar-refractivity contribution in [2.75, 3.05) is 11.9 Å². The van der Waals surface area contributed by atoms with Gasteiger partial charge in [0.25, 0.3) is 5.91 Å². The number of hydrogen-bond donors (Lipinski definition) is 4. The first-order valence-electron chi connectivity index (χ1n) is 9.08. The Labute approximate surface area is 158 Å². The second kappa shape index (κ2) is 8.70. The van der Waals surface area contributed by atoms with Gasteiger partial charge in [-0.15, -0.1) is 0 Å². The SMILES string of the molecule is CC(C)NC(O)CCOc1ccccc1C(=O)Nc1cccc2[nH]ccc12. The molecule has 1 atom stereocenters. The number of aromatic nitrogens is 1. The van der Waals surface area contributed by atoms with Crippen LogP contribution in [0.3, 0.4) is 0 Å². The Balaban J connectivity index is 1.68. The zero-order valence-electron chi connectivity index (χ0n) is 15.5. The molecule has 6 heteroatoms. The van der Waals surface area contributed by atoms with E-state index in [1.807, 2.05) is 50.4 Å². The molecule has 0 bridgehead atoms. The first-order chi connectivity index (χ1) is 13.0. The normalized spacial score (nSPS) is 12.3. The van der Waals surface area contributed by atoms with Gasteiger partial charge in [-0.25, -0.2) is 0 Å². The molecule has 1 unspecified atom stereocenters. The van der Waals surface area contributed by atoms with Crippen molar-refractivity contribution in [3.63, 3.8) is 0 Å². The van der Waals surface area contributed by atoms with Crippen LogP contribution in [0.4, 0.5) is 5.69 Å². The Morgan fingerprint density at radius 2 is 1.96 bits per heavy atom. The molecule has 0 aliphatic rings. The van der Waals surface area contributed by atoms with Crippen molar-refractivity contribution in [3.8, 4) is 5.75 Å². The van der Waals surface area contributed by atoms with Crippen molar-refractivity contribution in [3.05, 3.63) is 60.3 Å². The minimum Gasteiger partial charge on any atom is -0.493 e. The monoisotopic (exact) mass is 367 g/mol. The Kier molecular flexibility index (Phi) is 6.11. The Morgan fingerprint density at radius 3 is 2.78 bits per heavy atom. The van der Waals surface area contributed by atoms with Crippen molar-refractivity contribution >= 4 is 22.5 Å². The van der Waals surface area contributed by atoms with Crippen LogP contribution < -0.4 is 15.4 Å². The van der Waals surface area contributed by atoms with Gasteiger partial charge in [-0.2, -0.15) is 0 Å². The van der Waals surface area contributed by atoms with Gasteiger partial charge in [0.1, 0.15) is 12.0 Å². The summed E-state index contributed by atoms with van der Waals surface area (Å²) >= 11 is 0. The second-order valence-corrected chi connectivity index (χ2v) is 6.67. The van der Waals surface area contributed by atoms with Crippen LogP contribution in [0, 0.1) is 0 Å². The fraction of sp³-hybridized carbons (Fsp3) is 0.286. The minimum atomic E-state index is -0.641. The Hall–Kier alpha value is -2.83. The zero-order chi connectivity index (χ0) is 19.2. The van der Waals surface area contributed by atoms with E-state index in [0.29, 0.717) is 24.3 Å². The van der Waals surface area contributed by atoms with Gasteiger partial charge < -0.3 is 20.1 Å². The van der Waals surface area contributed by atoms with Gasteiger partial charge in [0.2, 0.25) is 0 Å². The number of ether oxygens (including phenoxy) is 1. The quantitative estimate of drug-likeness (QED) is 0.459. The van der Waals surface area contributed by atoms with Crippen LogP contribution in [0.2, 0.25) is 0 Å². The molecule has 3 aromatic rings. The van der Waals surface area contributed by atoms with Crippen LogP contribution in [0.5, 0.6) is 5.75 Å². The lowest BCUT2D eigenvalue weighted by molar-refractivity contribution is 0.0978. The number of carbonyl (C=O) groups is 1. The minimum absolute atomic E-state index is 0.189. The second-order valence-electron chi connectivity index (χ2n) is 6.67. The van der Waals surface area contributed by atoms with Gasteiger partial charge in [-0.3, -0.25) is 10.1 Å². The van der Waals surface area contributed by atoms with Crippen molar-refractivity contribution in [2.45, 2.75) is 32.5 Å². The summed E-state index contributed by atoms with van der Waals surface area (Å²) in [5, 5.41) is 16.8. The molecule has 1 aromatic heterocycles.